The lowest BCUT2D eigenvalue weighted by molar-refractivity contribution is -0.117. The van der Waals surface area contributed by atoms with Crippen LogP contribution in [-0.4, -0.2) is 43.0 Å². The van der Waals surface area contributed by atoms with Crippen molar-refractivity contribution in [3.63, 3.8) is 0 Å². The number of nitrogens with one attached hydrogen (secondary N) is 1. The summed E-state index contributed by atoms with van der Waals surface area (Å²) in [4.78, 5) is 27.9. The summed E-state index contributed by atoms with van der Waals surface area (Å²) in [6, 6.07) is 0. The zero-order valence-corrected chi connectivity index (χ0v) is 15.1. The van der Waals surface area contributed by atoms with E-state index in [1.807, 2.05) is 18.7 Å². The van der Waals surface area contributed by atoms with Crippen molar-refractivity contribution in [3.8, 4) is 0 Å². The second-order valence-corrected chi connectivity index (χ2v) is 6.75. The molecule has 0 fully saturated rings. The topological polar surface area (TPSA) is 58.6 Å². The largest absolute Gasteiger partial charge is 0.462 e. The average molecular weight is 338 g/mol. The average Bonchev–Trinajstić information content (AvgIpc) is 2.90. The van der Waals surface area contributed by atoms with E-state index in [1.165, 1.54) is 16.2 Å². The summed E-state index contributed by atoms with van der Waals surface area (Å²) < 4.78 is 5.20. The molecule has 0 spiro atoms. The molecule has 2 rings (SSSR count). The van der Waals surface area contributed by atoms with Crippen molar-refractivity contribution < 1.29 is 14.3 Å². The first-order chi connectivity index (χ1) is 11.1. The van der Waals surface area contributed by atoms with Crippen LogP contribution < -0.4 is 5.32 Å². The van der Waals surface area contributed by atoms with Crippen molar-refractivity contribution >= 4 is 28.2 Å². The van der Waals surface area contributed by atoms with E-state index in [-0.39, 0.29) is 11.9 Å². The third-order valence-corrected chi connectivity index (χ3v) is 5.37. The van der Waals surface area contributed by atoms with Crippen molar-refractivity contribution in [3.05, 3.63) is 16.0 Å². The lowest BCUT2D eigenvalue weighted by Gasteiger charge is -2.17. The Labute approximate surface area is 142 Å². The molecule has 5 nitrogen and oxygen atoms in total. The van der Waals surface area contributed by atoms with E-state index >= 15 is 0 Å². The van der Waals surface area contributed by atoms with Crippen LogP contribution in [0.4, 0.5) is 5.00 Å². The van der Waals surface area contributed by atoms with Crippen molar-refractivity contribution in [2.45, 2.75) is 46.5 Å². The predicted octanol–water partition coefficient (Wildman–Crippen LogP) is 3.08. The number of ether oxygens (including phenoxy) is 1. The van der Waals surface area contributed by atoms with Gasteiger partial charge in [-0.05, 0) is 51.3 Å². The molecular weight excluding hydrogens is 312 g/mol. The molecule has 1 amide bonds. The van der Waals surface area contributed by atoms with Crippen LogP contribution in [0.25, 0.3) is 0 Å². The van der Waals surface area contributed by atoms with Crippen LogP contribution in [0.15, 0.2) is 0 Å². The lowest BCUT2D eigenvalue weighted by atomic mass is 9.95. The highest BCUT2D eigenvalue weighted by Crippen LogP contribution is 2.38. The molecule has 0 bridgehead atoms. The van der Waals surface area contributed by atoms with Crippen LogP contribution in [0.5, 0.6) is 0 Å². The standard InChI is InChI=1S/C17H26N2O3S/c1-4-19(5-2)11-14(20)18-16-15(17(21)22-6-3)12-9-7-8-10-13(12)23-16/h4-11H2,1-3H3,(H,18,20). The minimum Gasteiger partial charge on any atom is -0.462 e. The molecule has 1 aromatic rings. The molecule has 0 aliphatic heterocycles. The van der Waals surface area contributed by atoms with E-state index in [9.17, 15) is 9.59 Å². The zero-order valence-electron chi connectivity index (χ0n) is 14.2. The Balaban J connectivity index is 2.21. The number of thiophene rings is 1. The molecule has 0 saturated heterocycles. The Hall–Kier alpha value is -1.40. The van der Waals surface area contributed by atoms with Gasteiger partial charge in [-0.3, -0.25) is 9.69 Å². The number of carbonyl (C=O) groups excluding carboxylic acids is 2. The van der Waals surface area contributed by atoms with Gasteiger partial charge < -0.3 is 10.1 Å². The van der Waals surface area contributed by atoms with Crippen LogP contribution >= 0.6 is 11.3 Å². The van der Waals surface area contributed by atoms with E-state index in [0.29, 0.717) is 23.7 Å². The fourth-order valence-corrected chi connectivity index (χ4v) is 4.18. The number of fused-ring (bicyclic) bond motifs is 1. The molecule has 23 heavy (non-hydrogen) atoms. The number of rotatable bonds is 7. The van der Waals surface area contributed by atoms with Crippen LogP contribution in [0, 0.1) is 0 Å². The number of hydrogen-bond donors (Lipinski definition) is 1. The van der Waals surface area contributed by atoms with Gasteiger partial charge in [0.25, 0.3) is 0 Å². The molecule has 128 valence electrons. The summed E-state index contributed by atoms with van der Waals surface area (Å²) in [5.74, 6) is -0.386. The fourth-order valence-electron chi connectivity index (χ4n) is 2.89. The Morgan fingerprint density at radius 1 is 1.17 bits per heavy atom. The highest BCUT2D eigenvalue weighted by molar-refractivity contribution is 7.17. The van der Waals surface area contributed by atoms with Gasteiger partial charge in [-0.2, -0.15) is 0 Å². The van der Waals surface area contributed by atoms with E-state index < -0.39 is 0 Å². The number of nitrogens with zero attached hydrogens (tertiary/aromatic N) is 1. The maximum absolute atomic E-state index is 12.3. The minimum absolute atomic E-state index is 0.0714. The van der Waals surface area contributed by atoms with Gasteiger partial charge in [-0.15, -0.1) is 11.3 Å². The Kier molecular flexibility index (Phi) is 6.59. The van der Waals surface area contributed by atoms with Gasteiger partial charge in [0.2, 0.25) is 5.91 Å². The normalized spacial score (nSPS) is 13.7. The smallest absolute Gasteiger partial charge is 0.341 e. The molecule has 6 heteroatoms. The van der Waals surface area contributed by atoms with Gasteiger partial charge in [0.1, 0.15) is 5.00 Å². The summed E-state index contributed by atoms with van der Waals surface area (Å²) in [6.07, 6.45) is 4.11. The molecule has 1 aromatic heterocycles. The van der Waals surface area contributed by atoms with E-state index in [2.05, 4.69) is 5.32 Å². The maximum atomic E-state index is 12.3. The maximum Gasteiger partial charge on any atom is 0.341 e. The van der Waals surface area contributed by atoms with E-state index in [0.717, 1.165) is 44.3 Å². The first-order valence-electron chi connectivity index (χ1n) is 8.44. The molecular formula is C17H26N2O3S. The van der Waals surface area contributed by atoms with Crippen molar-refractivity contribution in [2.75, 3.05) is 31.6 Å². The first-order valence-corrected chi connectivity index (χ1v) is 9.26. The number of likely N-dealkylation sites (N-methyl/N-ethyl adjacent to an activating group) is 1. The van der Waals surface area contributed by atoms with Crippen LogP contribution in [0.2, 0.25) is 0 Å². The molecule has 0 aromatic carbocycles. The second kappa shape index (κ2) is 8.45. The SMILES string of the molecule is CCOC(=O)c1c(NC(=O)CN(CC)CC)sc2c1CCCC2. The Morgan fingerprint density at radius 3 is 2.52 bits per heavy atom. The van der Waals surface area contributed by atoms with Crippen LogP contribution in [0.1, 0.15) is 54.4 Å². The van der Waals surface area contributed by atoms with Gasteiger partial charge in [-0.25, -0.2) is 4.79 Å². The molecule has 1 aliphatic carbocycles. The van der Waals surface area contributed by atoms with E-state index in [4.69, 9.17) is 4.74 Å². The predicted molar refractivity (Wildman–Crippen MR) is 93.3 cm³/mol. The molecule has 0 atom stereocenters. The zero-order chi connectivity index (χ0) is 16.8. The second-order valence-electron chi connectivity index (χ2n) is 5.65. The highest BCUT2D eigenvalue weighted by atomic mass is 32.1. The number of amides is 1. The molecule has 1 aliphatic rings. The minimum atomic E-state index is -0.315. The molecule has 0 radical (unpaired) electrons. The van der Waals surface area contributed by atoms with Gasteiger partial charge in [0.15, 0.2) is 0 Å². The third-order valence-electron chi connectivity index (χ3n) is 4.17. The Morgan fingerprint density at radius 2 is 1.87 bits per heavy atom. The molecule has 0 saturated carbocycles. The summed E-state index contributed by atoms with van der Waals surface area (Å²) >= 11 is 1.54. The molecule has 1 N–H and O–H groups in total. The van der Waals surface area contributed by atoms with Gasteiger partial charge in [0.05, 0.1) is 18.7 Å². The fraction of sp³-hybridized carbons (Fsp3) is 0.647. The van der Waals surface area contributed by atoms with Crippen LogP contribution in [0.3, 0.4) is 0 Å². The Bertz CT molecular complexity index is 564. The highest BCUT2D eigenvalue weighted by Gasteiger charge is 2.27. The number of hydrogen-bond acceptors (Lipinski definition) is 5. The van der Waals surface area contributed by atoms with Crippen LogP contribution in [-0.2, 0) is 22.4 Å². The van der Waals surface area contributed by atoms with Crippen molar-refractivity contribution in [1.82, 2.24) is 4.90 Å². The first kappa shape index (κ1) is 17.9. The number of anilines is 1. The number of carbonyl (C=O) groups is 2. The quantitative estimate of drug-likeness (QED) is 0.776. The summed E-state index contributed by atoms with van der Waals surface area (Å²) in [6.45, 7) is 8.21. The van der Waals surface area contributed by atoms with Gasteiger partial charge in [0, 0.05) is 4.88 Å². The third kappa shape index (κ3) is 4.32. The summed E-state index contributed by atoms with van der Waals surface area (Å²) in [7, 11) is 0. The monoisotopic (exact) mass is 338 g/mol. The lowest BCUT2D eigenvalue weighted by Crippen LogP contribution is -2.33. The van der Waals surface area contributed by atoms with Crippen molar-refractivity contribution in [1.29, 1.82) is 0 Å². The summed E-state index contributed by atoms with van der Waals surface area (Å²) in [5, 5.41) is 3.60. The van der Waals surface area contributed by atoms with E-state index in [1.54, 1.807) is 6.92 Å². The van der Waals surface area contributed by atoms with Crippen molar-refractivity contribution in [2.24, 2.45) is 0 Å². The number of esters is 1. The van der Waals surface area contributed by atoms with Gasteiger partial charge in [-0.1, -0.05) is 13.8 Å². The molecule has 1 heterocycles. The van der Waals surface area contributed by atoms with Gasteiger partial charge >= 0.3 is 5.97 Å². The summed E-state index contributed by atoms with van der Waals surface area (Å²) in [5.41, 5.74) is 1.66. The number of aryl methyl sites for hydroxylation is 1. The molecule has 0 unspecified atom stereocenters.